The number of rotatable bonds is 4. The number of ether oxygens (including phenoxy) is 1. The largest absolute Gasteiger partial charge is 0.461 e. The zero-order valence-corrected chi connectivity index (χ0v) is 13.9. The zero-order valence-electron chi connectivity index (χ0n) is 11.5. The number of aryl methyl sites for hydroxylation is 1. The molecule has 7 heteroatoms. The van der Waals surface area contributed by atoms with Crippen LogP contribution in [0.4, 0.5) is 5.69 Å². The van der Waals surface area contributed by atoms with Crippen LogP contribution in [-0.4, -0.2) is 23.5 Å². The van der Waals surface area contributed by atoms with E-state index < -0.39 is 5.97 Å². The van der Waals surface area contributed by atoms with Gasteiger partial charge in [0, 0.05) is 15.5 Å². The van der Waals surface area contributed by atoms with Gasteiger partial charge in [0.25, 0.3) is 5.91 Å². The maximum Gasteiger partial charge on any atom is 0.367 e. The maximum absolute atomic E-state index is 12.1. The van der Waals surface area contributed by atoms with Crippen molar-refractivity contribution in [1.29, 1.82) is 0 Å². The van der Waals surface area contributed by atoms with Gasteiger partial charge in [-0.2, -0.15) is 0 Å². The Morgan fingerprint density at radius 2 is 2.19 bits per heavy atom. The first-order valence-corrected chi connectivity index (χ1v) is 7.88. The Hall–Kier alpha value is -1.73. The fourth-order valence-corrected chi connectivity index (χ4v) is 2.60. The Labute approximate surface area is 134 Å². The van der Waals surface area contributed by atoms with E-state index in [2.05, 4.69) is 26.2 Å². The number of esters is 1. The van der Waals surface area contributed by atoms with Crippen LogP contribution in [-0.2, 0) is 4.74 Å². The fraction of sp³-hybridized carbons (Fsp3) is 0.214. The van der Waals surface area contributed by atoms with Crippen molar-refractivity contribution in [3.05, 3.63) is 44.3 Å². The summed E-state index contributed by atoms with van der Waals surface area (Å²) >= 11 is 4.49. The molecular weight excluding hydrogens is 356 g/mol. The standard InChI is InChI=1S/C14H13BrN2O3S/c1-3-20-14(19)13-17-11(7-21-13)12(18)16-9-5-4-8(2)10(15)6-9/h4-7H,3H2,1-2H3,(H,16,18). The highest BCUT2D eigenvalue weighted by Crippen LogP contribution is 2.21. The van der Waals surface area contributed by atoms with Gasteiger partial charge < -0.3 is 10.1 Å². The van der Waals surface area contributed by atoms with Gasteiger partial charge in [-0.3, -0.25) is 4.79 Å². The Balaban J connectivity index is 2.10. The molecule has 1 aromatic heterocycles. The Bertz CT molecular complexity index is 685. The van der Waals surface area contributed by atoms with Crippen LogP contribution in [0.1, 0.15) is 32.8 Å². The number of benzene rings is 1. The number of thiazole rings is 1. The second-order valence-corrected chi connectivity index (χ2v) is 5.89. The quantitative estimate of drug-likeness (QED) is 0.836. The van der Waals surface area contributed by atoms with E-state index in [9.17, 15) is 9.59 Å². The van der Waals surface area contributed by atoms with Crippen molar-refractivity contribution in [2.45, 2.75) is 13.8 Å². The number of hydrogen-bond donors (Lipinski definition) is 1. The highest BCUT2D eigenvalue weighted by molar-refractivity contribution is 9.10. The number of halogens is 1. The molecule has 0 aliphatic carbocycles. The number of carbonyl (C=O) groups is 2. The smallest absolute Gasteiger partial charge is 0.367 e. The molecule has 2 rings (SSSR count). The number of aromatic nitrogens is 1. The van der Waals surface area contributed by atoms with E-state index in [0.717, 1.165) is 21.4 Å². The van der Waals surface area contributed by atoms with E-state index in [1.807, 2.05) is 19.1 Å². The second-order valence-electron chi connectivity index (χ2n) is 4.18. The second kappa shape index (κ2) is 6.82. The van der Waals surface area contributed by atoms with Gasteiger partial charge >= 0.3 is 5.97 Å². The number of carbonyl (C=O) groups excluding carboxylic acids is 2. The molecule has 0 spiro atoms. The molecule has 1 aromatic carbocycles. The lowest BCUT2D eigenvalue weighted by molar-refractivity contribution is 0.0526. The number of amides is 1. The molecule has 0 radical (unpaired) electrons. The highest BCUT2D eigenvalue weighted by atomic mass is 79.9. The Morgan fingerprint density at radius 3 is 2.86 bits per heavy atom. The minimum Gasteiger partial charge on any atom is -0.461 e. The summed E-state index contributed by atoms with van der Waals surface area (Å²) in [5, 5.41) is 4.44. The number of nitrogens with one attached hydrogen (secondary N) is 1. The van der Waals surface area contributed by atoms with E-state index in [4.69, 9.17) is 4.74 Å². The molecule has 0 saturated carbocycles. The summed E-state index contributed by atoms with van der Waals surface area (Å²) in [5.41, 5.74) is 1.93. The van der Waals surface area contributed by atoms with Crippen LogP contribution in [0.2, 0.25) is 0 Å². The average Bonchev–Trinajstić information content (AvgIpc) is 2.93. The molecule has 110 valence electrons. The van der Waals surface area contributed by atoms with Crippen LogP contribution in [0.5, 0.6) is 0 Å². The third kappa shape index (κ3) is 3.89. The molecule has 0 fully saturated rings. The molecule has 1 N–H and O–H groups in total. The molecular formula is C14H13BrN2O3S. The third-order valence-corrected chi connectivity index (χ3v) is 4.29. The van der Waals surface area contributed by atoms with Crippen LogP contribution >= 0.6 is 27.3 Å². The van der Waals surface area contributed by atoms with Gasteiger partial charge in [0.2, 0.25) is 5.01 Å². The van der Waals surface area contributed by atoms with E-state index >= 15 is 0 Å². The average molecular weight is 369 g/mol. The first-order chi connectivity index (χ1) is 10.0. The normalized spacial score (nSPS) is 10.2. The van der Waals surface area contributed by atoms with Crippen molar-refractivity contribution in [1.82, 2.24) is 4.98 Å². The minimum absolute atomic E-state index is 0.173. The first kappa shape index (κ1) is 15.7. The molecule has 0 bridgehead atoms. The SMILES string of the molecule is CCOC(=O)c1nc(C(=O)Nc2ccc(C)c(Br)c2)cs1. The van der Waals surface area contributed by atoms with Crippen molar-refractivity contribution in [3.63, 3.8) is 0 Å². The van der Waals surface area contributed by atoms with E-state index in [-0.39, 0.29) is 23.2 Å². The maximum atomic E-state index is 12.1. The first-order valence-electron chi connectivity index (χ1n) is 6.21. The summed E-state index contributed by atoms with van der Waals surface area (Å²) < 4.78 is 5.75. The molecule has 1 amide bonds. The summed E-state index contributed by atoms with van der Waals surface area (Å²) in [4.78, 5) is 27.6. The van der Waals surface area contributed by atoms with E-state index in [1.54, 1.807) is 13.0 Å². The van der Waals surface area contributed by atoms with Crippen LogP contribution in [0.25, 0.3) is 0 Å². The van der Waals surface area contributed by atoms with Crippen LogP contribution < -0.4 is 5.32 Å². The predicted molar refractivity (Wildman–Crippen MR) is 84.9 cm³/mol. The lowest BCUT2D eigenvalue weighted by Gasteiger charge is -2.05. The lowest BCUT2D eigenvalue weighted by Crippen LogP contribution is -2.13. The molecule has 0 unspecified atom stereocenters. The van der Waals surface area contributed by atoms with Crippen molar-refractivity contribution in [2.24, 2.45) is 0 Å². The Kier molecular flexibility index (Phi) is 5.08. The third-order valence-electron chi connectivity index (χ3n) is 2.62. The molecule has 0 aliphatic rings. The highest BCUT2D eigenvalue weighted by Gasteiger charge is 2.16. The summed E-state index contributed by atoms with van der Waals surface area (Å²) in [5.74, 6) is -0.878. The molecule has 5 nitrogen and oxygen atoms in total. The monoisotopic (exact) mass is 368 g/mol. The zero-order chi connectivity index (χ0) is 15.4. The van der Waals surface area contributed by atoms with Crippen LogP contribution in [0.3, 0.4) is 0 Å². The minimum atomic E-state index is -0.514. The van der Waals surface area contributed by atoms with Gasteiger partial charge in [-0.05, 0) is 31.5 Å². The summed E-state index contributed by atoms with van der Waals surface area (Å²) in [6.45, 7) is 3.95. The van der Waals surface area contributed by atoms with Gasteiger partial charge in [-0.25, -0.2) is 9.78 Å². The summed E-state index contributed by atoms with van der Waals surface area (Å²) in [7, 11) is 0. The topological polar surface area (TPSA) is 68.3 Å². The fourth-order valence-electron chi connectivity index (χ4n) is 1.53. The molecule has 0 atom stereocenters. The van der Waals surface area contributed by atoms with Gasteiger partial charge in [0.1, 0.15) is 5.69 Å². The number of anilines is 1. The van der Waals surface area contributed by atoms with Gasteiger partial charge in [0.15, 0.2) is 0 Å². The van der Waals surface area contributed by atoms with Crippen molar-refractivity contribution in [3.8, 4) is 0 Å². The van der Waals surface area contributed by atoms with Gasteiger partial charge in [0.05, 0.1) is 6.61 Å². The Morgan fingerprint density at radius 1 is 1.43 bits per heavy atom. The molecule has 2 aromatic rings. The summed E-state index contributed by atoms with van der Waals surface area (Å²) in [6, 6.07) is 5.51. The van der Waals surface area contributed by atoms with Crippen LogP contribution in [0, 0.1) is 6.92 Å². The van der Waals surface area contributed by atoms with Crippen LogP contribution in [0.15, 0.2) is 28.1 Å². The molecule has 0 saturated heterocycles. The van der Waals surface area contributed by atoms with Gasteiger partial charge in [-0.15, -0.1) is 11.3 Å². The number of nitrogens with zero attached hydrogens (tertiary/aromatic N) is 1. The molecule has 21 heavy (non-hydrogen) atoms. The lowest BCUT2D eigenvalue weighted by atomic mass is 10.2. The van der Waals surface area contributed by atoms with Crippen molar-refractivity contribution >= 4 is 44.8 Å². The molecule has 0 aliphatic heterocycles. The van der Waals surface area contributed by atoms with Gasteiger partial charge in [-0.1, -0.05) is 22.0 Å². The van der Waals surface area contributed by atoms with Crippen molar-refractivity contribution < 1.29 is 14.3 Å². The predicted octanol–water partition coefficient (Wildman–Crippen LogP) is 3.64. The summed E-state index contributed by atoms with van der Waals surface area (Å²) in [6.07, 6.45) is 0. The van der Waals surface area contributed by atoms with Crippen molar-refractivity contribution in [2.75, 3.05) is 11.9 Å². The number of hydrogen-bond acceptors (Lipinski definition) is 5. The van der Waals surface area contributed by atoms with E-state index in [1.165, 1.54) is 5.38 Å². The molecule has 1 heterocycles. The van der Waals surface area contributed by atoms with E-state index in [0.29, 0.717) is 5.69 Å².